The minimum absolute atomic E-state index is 0.284. The minimum Gasteiger partial charge on any atom is -0.381 e. The van der Waals surface area contributed by atoms with E-state index in [1.807, 2.05) is 0 Å². The number of piperazine rings is 1. The Morgan fingerprint density at radius 3 is 2.68 bits per heavy atom. The highest BCUT2D eigenvalue weighted by Gasteiger charge is 2.29. The van der Waals surface area contributed by atoms with Crippen LogP contribution in [-0.4, -0.2) is 84.1 Å². The number of rotatable bonds is 3. The van der Waals surface area contributed by atoms with Gasteiger partial charge >= 0.3 is 0 Å². The van der Waals surface area contributed by atoms with Crippen LogP contribution in [0.25, 0.3) is 10.9 Å². The lowest BCUT2D eigenvalue weighted by atomic mass is 10.0. The smallest absolute Gasteiger partial charge is 0.236 e. The highest BCUT2D eigenvalue weighted by molar-refractivity contribution is 5.85. The Hall–Kier alpha value is -1.89. The number of aromatic amines is 1. The molecule has 2 fully saturated rings. The SMILES string of the molecule is O=C(CN1CCc2c([nH]c3ccccc23)C1)N1CCN(C2CCOCC2)CC1. The van der Waals surface area contributed by atoms with Gasteiger partial charge in [0.25, 0.3) is 0 Å². The third kappa shape index (κ3) is 3.56. The number of fused-ring (bicyclic) bond motifs is 3. The summed E-state index contributed by atoms with van der Waals surface area (Å²) in [4.78, 5) is 23.3. The molecule has 1 amide bonds. The van der Waals surface area contributed by atoms with E-state index in [2.05, 4.69) is 43.9 Å². The predicted molar refractivity (Wildman–Crippen MR) is 109 cm³/mol. The number of H-pyrrole nitrogens is 1. The zero-order valence-corrected chi connectivity index (χ0v) is 16.5. The number of ether oxygens (including phenoxy) is 1. The molecule has 6 nitrogen and oxygen atoms in total. The van der Waals surface area contributed by atoms with E-state index in [-0.39, 0.29) is 5.91 Å². The summed E-state index contributed by atoms with van der Waals surface area (Å²) < 4.78 is 5.48. The van der Waals surface area contributed by atoms with Crippen molar-refractivity contribution in [2.75, 3.05) is 52.5 Å². The van der Waals surface area contributed by atoms with Crippen molar-refractivity contribution < 1.29 is 9.53 Å². The van der Waals surface area contributed by atoms with Crippen LogP contribution in [0.1, 0.15) is 24.1 Å². The molecule has 6 heteroatoms. The third-order valence-corrected chi connectivity index (χ3v) is 6.69. The number of carbonyl (C=O) groups is 1. The number of para-hydroxylation sites is 1. The number of carbonyl (C=O) groups excluding carboxylic acids is 1. The Labute approximate surface area is 166 Å². The minimum atomic E-state index is 0.284. The standard InChI is InChI=1S/C22H30N4O2/c27-22(26-11-9-25(10-12-26)17-6-13-28-14-7-17)16-24-8-5-19-18-3-1-2-4-20(18)23-21(19)15-24/h1-4,17,23H,5-16H2. The third-order valence-electron chi connectivity index (χ3n) is 6.69. The molecule has 28 heavy (non-hydrogen) atoms. The monoisotopic (exact) mass is 382 g/mol. The molecule has 0 spiro atoms. The van der Waals surface area contributed by atoms with Crippen molar-refractivity contribution in [2.24, 2.45) is 0 Å². The summed E-state index contributed by atoms with van der Waals surface area (Å²) in [6.45, 7) is 7.84. The average Bonchev–Trinajstić information content (AvgIpc) is 3.12. The van der Waals surface area contributed by atoms with Gasteiger partial charge < -0.3 is 14.6 Å². The summed E-state index contributed by atoms with van der Waals surface area (Å²) in [5.74, 6) is 0.284. The van der Waals surface area contributed by atoms with E-state index >= 15 is 0 Å². The summed E-state index contributed by atoms with van der Waals surface area (Å²) in [6.07, 6.45) is 3.28. The predicted octanol–water partition coefficient (Wildman–Crippen LogP) is 1.85. The molecule has 5 rings (SSSR count). The second-order valence-corrected chi connectivity index (χ2v) is 8.35. The Kier molecular flexibility index (Phi) is 5.09. The van der Waals surface area contributed by atoms with Crippen LogP contribution >= 0.6 is 0 Å². The molecule has 150 valence electrons. The first-order valence-electron chi connectivity index (χ1n) is 10.7. The molecule has 3 aliphatic rings. The Morgan fingerprint density at radius 2 is 1.86 bits per heavy atom. The van der Waals surface area contributed by atoms with Gasteiger partial charge in [0.15, 0.2) is 0 Å². The Bertz CT molecular complexity index is 834. The summed E-state index contributed by atoms with van der Waals surface area (Å²) in [5, 5.41) is 1.34. The van der Waals surface area contributed by atoms with Crippen LogP contribution in [0.15, 0.2) is 24.3 Å². The van der Waals surface area contributed by atoms with Crippen molar-refractivity contribution in [1.82, 2.24) is 19.7 Å². The normalized spacial score (nSPS) is 22.5. The fraction of sp³-hybridized carbons (Fsp3) is 0.591. The van der Waals surface area contributed by atoms with E-state index < -0.39 is 0 Å². The highest BCUT2D eigenvalue weighted by atomic mass is 16.5. The number of aromatic nitrogens is 1. The molecule has 4 heterocycles. The zero-order chi connectivity index (χ0) is 18.9. The number of amides is 1. The van der Waals surface area contributed by atoms with Gasteiger partial charge in [-0.25, -0.2) is 0 Å². The van der Waals surface area contributed by atoms with E-state index in [0.29, 0.717) is 12.6 Å². The van der Waals surface area contributed by atoms with Crippen molar-refractivity contribution in [2.45, 2.75) is 31.8 Å². The Balaban J connectivity index is 1.15. The quantitative estimate of drug-likeness (QED) is 0.880. The van der Waals surface area contributed by atoms with E-state index in [1.165, 1.54) is 22.2 Å². The molecule has 1 N–H and O–H groups in total. The van der Waals surface area contributed by atoms with Gasteiger partial charge in [0.2, 0.25) is 5.91 Å². The second-order valence-electron chi connectivity index (χ2n) is 8.35. The van der Waals surface area contributed by atoms with Crippen molar-refractivity contribution in [3.8, 4) is 0 Å². The van der Waals surface area contributed by atoms with Crippen LogP contribution in [-0.2, 0) is 22.5 Å². The van der Waals surface area contributed by atoms with Gasteiger partial charge in [0, 0.05) is 75.1 Å². The highest BCUT2D eigenvalue weighted by Crippen LogP contribution is 2.27. The van der Waals surface area contributed by atoms with Crippen molar-refractivity contribution in [3.05, 3.63) is 35.5 Å². The van der Waals surface area contributed by atoms with E-state index in [0.717, 1.165) is 71.7 Å². The summed E-state index contributed by atoms with van der Waals surface area (Å²) in [6, 6.07) is 9.16. The van der Waals surface area contributed by atoms with Crippen molar-refractivity contribution in [3.63, 3.8) is 0 Å². The molecule has 1 aromatic carbocycles. The number of nitrogens with one attached hydrogen (secondary N) is 1. The molecule has 0 atom stereocenters. The maximum absolute atomic E-state index is 12.9. The number of hydrogen-bond donors (Lipinski definition) is 1. The van der Waals surface area contributed by atoms with Gasteiger partial charge in [0.1, 0.15) is 0 Å². The van der Waals surface area contributed by atoms with Crippen LogP contribution in [0.5, 0.6) is 0 Å². The van der Waals surface area contributed by atoms with Crippen LogP contribution in [0.2, 0.25) is 0 Å². The summed E-state index contributed by atoms with van der Waals surface area (Å²) in [7, 11) is 0. The molecule has 2 saturated heterocycles. The molecular formula is C22H30N4O2. The average molecular weight is 383 g/mol. The van der Waals surface area contributed by atoms with Gasteiger partial charge in [-0.2, -0.15) is 0 Å². The maximum Gasteiger partial charge on any atom is 0.236 e. The molecule has 2 aromatic rings. The molecule has 0 saturated carbocycles. The van der Waals surface area contributed by atoms with Gasteiger partial charge in [-0.3, -0.25) is 14.6 Å². The van der Waals surface area contributed by atoms with E-state index in [4.69, 9.17) is 4.74 Å². The lowest BCUT2D eigenvalue weighted by Gasteiger charge is -2.41. The first-order valence-corrected chi connectivity index (χ1v) is 10.7. The molecule has 0 aliphatic carbocycles. The summed E-state index contributed by atoms with van der Waals surface area (Å²) >= 11 is 0. The summed E-state index contributed by atoms with van der Waals surface area (Å²) in [5.41, 5.74) is 3.93. The fourth-order valence-electron chi connectivity index (χ4n) is 5.06. The van der Waals surface area contributed by atoms with Gasteiger partial charge in [-0.1, -0.05) is 18.2 Å². The van der Waals surface area contributed by atoms with E-state index in [1.54, 1.807) is 0 Å². The van der Waals surface area contributed by atoms with Crippen LogP contribution in [0.4, 0.5) is 0 Å². The van der Waals surface area contributed by atoms with Crippen LogP contribution in [0.3, 0.4) is 0 Å². The number of hydrogen-bond acceptors (Lipinski definition) is 4. The first kappa shape index (κ1) is 18.2. The van der Waals surface area contributed by atoms with Crippen LogP contribution < -0.4 is 0 Å². The Morgan fingerprint density at radius 1 is 1.07 bits per heavy atom. The topological polar surface area (TPSA) is 51.8 Å². The van der Waals surface area contributed by atoms with Crippen LogP contribution in [0, 0.1) is 0 Å². The molecular weight excluding hydrogens is 352 g/mol. The van der Waals surface area contributed by atoms with Crippen molar-refractivity contribution in [1.29, 1.82) is 0 Å². The second kappa shape index (κ2) is 7.85. The molecule has 1 aromatic heterocycles. The zero-order valence-electron chi connectivity index (χ0n) is 16.5. The van der Waals surface area contributed by atoms with Crippen molar-refractivity contribution >= 4 is 16.8 Å². The van der Waals surface area contributed by atoms with Gasteiger partial charge in [-0.05, 0) is 30.9 Å². The number of nitrogens with zero attached hydrogens (tertiary/aromatic N) is 3. The maximum atomic E-state index is 12.9. The molecule has 0 unspecified atom stereocenters. The lowest BCUT2D eigenvalue weighted by molar-refractivity contribution is -0.135. The number of benzene rings is 1. The van der Waals surface area contributed by atoms with E-state index in [9.17, 15) is 4.79 Å². The largest absolute Gasteiger partial charge is 0.381 e. The van der Waals surface area contributed by atoms with Gasteiger partial charge in [0.05, 0.1) is 6.54 Å². The van der Waals surface area contributed by atoms with Gasteiger partial charge in [-0.15, -0.1) is 0 Å². The first-order chi connectivity index (χ1) is 13.8. The molecule has 0 radical (unpaired) electrons. The molecule has 3 aliphatic heterocycles. The fourth-order valence-corrected chi connectivity index (χ4v) is 5.06. The molecule has 0 bridgehead atoms. The lowest BCUT2D eigenvalue weighted by Crippen LogP contribution is -2.54.